The predicted octanol–water partition coefficient (Wildman–Crippen LogP) is 3.32. The zero-order valence-electron chi connectivity index (χ0n) is 10.2. The topological polar surface area (TPSA) is 12.0 Å². The molecule has 84 valence electrons. The molecule has 1 aromatic rings. The van der Waals surface area contributed by atoms with Gasteiger partial charge in [-0.25, -0.2) is 0 Å². The lowest BCUT2D eigenvalue weighted by Gasteiger charge is -2.16. The summed E-state index contributed by atoms with van der Waals surface area (Å²) in [5.41, 5.74) is 2.91. The third kappa shape index (κ3) is 4.05. The van der Waals surface area contributed by atoms with E-state index >= 15 is 0 Å². The van der Waals surface area contributed by atoms with E-state index in [-0.39, 0.29) is 0 Å². The van der Waals surface area contributed by atoms with Crippen LogP contribution in [0.2, 0.25) is 0 Å². The highest BCUT2D eigenvalue weighted by atomic mass is 14.9. The Labute approximate surface area is 93.9 Å². The first-order valence-electron chi connectivity index (χ1n) is 6.05. The summed E-state index contributed by atoms with van der Waals surface area (Å²) in [7, 11) is 0. The zero-order chi connectivity index (χ0) is 11.1. The van der Waals surface area contributed by atoms with Crippen molar-refractivity contribution in [2.24, 2.45) is 0 Å². The Morgan fingerprint density at radius 3 is 2.53 bits per heavy atom. The van der Waals surface area contributed by atoms with Gasteiger partial charge in [0.25, 0.3) is 0 Å². The second-order valence-corrected chi connectivity index (χ2v) is 4.13. The SMILES string of the molecule is CCNC(CC)CCc1ccccc1C. The number of rotatable bonds is 6. The lowest BCUT2D eigenvalue weighted by atomic mass is 10.00. The largest absolute Gasteiger partial charge is 0.314 e. The Hall–Kier alpha value is -0.820. The molecule has 0 aliphatic heterocycles. The fourth-order valence-corrected chi connectivity index (χ4v) is 1.96. The molecule has 1 rings (SSSR count). The summed E-state index contributed by atoms with van der Waals surface area (Å²) in [4.78, 5) is 0. The first-order valence-corrected chi connectivity index (χ1v) is 6.05. The molecule has 1 aromatic carbocycles. The fourth-order valence-electron chi connectivity index (χ4n) is 1.96. The second kappa shape index (κ2) is 6.62. The lowest BCUT2D eigenvalue weighted by Crippen LogP contribution is -2.28. The zero-order valence-corrected chi connectivity index (χ0v) is 10.2. The van der Waals surface area contributed by atoms with Crippen LogP contribution in [0.3, 0.4) is 0 Å². The van der Waals surface area contributed by atoms with E-state index in [2.05, 4.69) is 50.4 Å². The Morgan fingerprint density at radius 1 is 1.20 bits per heavy atom. The van der Waals surface area contributed by atoms with Crippen molar-refractivity contribution < 1.29 is 0 Å². The van der Waals surface area contributed by atoms with Crippen molar-refractivity contribution in [1.29, 1.82) is 0 Å². The van der Waals surface area contributed by atoms with E-state index in [4.69, 9.17) is 0 Å². The molecule has 0 amide bonds. The van der Waals surface area contributed by atoms with Gasteiger partial charge in [0.2, 0.25) is 0 Å². The number of aryl methyl sites for hydroxylation is 2. The average Bonchev–Trinajstić information content (AvgIpc) is 2.26. The van der Waals surface area contributed by atoms with Crippen LogP contribution in [0, 0.1) is 6.92 Å². The Balaban J connectivity index is 2.45. The number of benzene rings is 1. The number of hydrogen-bond acceptors (Lipinski definition) is 1. The molecule has 0 saturated heterocycles. The summed E-state index contributed by atoms with van der Waals surface area (Å²) in [5.74, 6) is 0. The van der Waals surface area contributed by atoms with Crippen molar-refractivity contribution in [3.05, 3.63) is 35.4 Å². The smallest absolute Gasteiger partial charge is 0.00674 e. The Morgan fingerprint density at radius 2 is 1.93 bits per heavy atom. The molecule has 1 atom stereocenters. The molecular weight excluding hydrogens is 182 g/mol. The standard InChI is InChI=1S/C14H23N/c1-4-14(15-5-2)11-10-13-9-7-6-8-12(13)3/h6-9,14-15H,4-5,10-11H2,1-3H3. The molecule has 0 saturated carbocycles. The van der Waals surface area contributed by atoms with Crippen LogP contribution >= 0.6 is 0 Å². The fraction of sp³-hybridized carbons (Fsp3) is 0.571. The molecule has 1 nitrogen and oxygen atoms in total. The summed E-state index contributed by atoms with van der Waals surface area (Å²) in [6, 6.07) is 9.36. The van der Waals surface area contributed by atoms with E-state index < -0.39 is 0 Å². The van der Waals surface area contributed by atoms with Gasteiger partial charge < -0.3 is 5.32 Å². The van der Waals surface area contributed by atoms with Gasteiger partial charge in [0.05, 0.1) is 0 Å². The van der Waals surface area contributed by atoms with Gasteiger partial charge in [-0.3, -0.25) is 0 Å². The van der Waals surface area contributed by atoms with Crippen LogP contribution in [0.5, 0.6) is 0 Å². The highest BCUT2D eigenvalue weighted by molar-refractivity contribution is 5.25. The lowest BCUT2D eigenvalue weighted by molar-refractivity contribution is 0.480. The molecule has 0 spiro atoms. The summed E-state index contributed by atoms with van der Waals surface area (Å²) in [6.45, 7) is 7.71. The summed E-state index contributed by atoms with van der Waals surface area (Å²) < 4.78 is 0. The van der Waals surface area contributed by atoms with Gasteiger partial charge >= 0.3 is 0 Å². The second-order valence-electron chi connectivity index (χ2n) is 4.13. The van der Waals surface area contributed by atoms with Crippen molar-refractivity contribution in [3.8, 4) is 0 Å². The normalized spacial score (nSPS) is 12.7. The van der Waals surface area contributed by atoms with Gasteiger partial charge in [-0.1, -0.05) is 38.1 Å². The molecule has 0 heterocycles. The highest BCUT2D eigenvalue weighted by Crippen LogP contribution is 2.11. The first kappa shape index (κ1) is 12.3. The molecule has 0 fully saturated rings. The molecule has 1 heteroatoms. The molecule has 0 radical (unpaired) electrons. The van der Waals surface area contributed by atoms with Gasteiger partial charge in [-0.05, 0) is 43.9 Å². The van der Waals surface area contributed by atoms with Crippen LogP contribution in [-0.4, -0.2) is 12.6 Å². The van der Waals surface area contributed by atoms with E-state index in [1.165, 1.54) is 30.4 Å². The minimum absolute atomic E-state index is 0.676. The molecule has 1 N–H and O–H groups in total. The van der Waals surface area contributed by atoms with E-state index in [9.17, 15) is 0 Å². The molecule has 0 aliphatic carbocycles. The van der Waals surface area contributed by atoms with Crippen LogP contribution < -0.4 is 5.32 Å². The van der Waals surface area contributed by atoms with Crippen molar-refractivity contribution in [3.63, 3.8) is 0 Å². The van der Waals surface area contributed by atoms with Gasteiger partial charge in [0.15, 0.2) is 0 Å². The van der Waals surface area contributed by atoms with Crippen LogP contribution in [0.1, 0.15) is 37.8 Å². The summed E-state index contributed by atoms with van der Waals surface area (Å²) >= 11 is 0. The Bertz CT molecular complexity index is 280. The molecule has 0 aromatic heterocycles. The van der Waals surface area contributed by atoms with Crippen molar-refractivity contribution in [1.82, 2.24) is 5.32 Å². The number of hydrogen-bond donors (Lipinski definition) is 1. The van der Waals surface area contributed by atoms with Crippen LogP contribution in [-0.2, 0) is 6.42 Å². The molecule has 0 bridgehead atoms. The minimum Gasteiger partial charge on any atom is -0.314 e. The summed E-state index contributed by atoms with van der Waals surface area (Å²) in [5, 5.41) is 3.52. The van der Waals surface area contributed by atoms with Gasteiger partial charge in [0, 0.05) is 6.04 Å². The molecule has 15 heavy (non-hydrogen) atoms. The highest BCUT2D eigenvalue weighted by Gasteiger charge is 2.05. The maximum absolute atomic E-state index is 3.52. The van der Waals surface area contributed by atoms with Gasteiger partial charge in [0.1, 0.15) is 0 Å². The maximum Gasteiger partial charge on any atom is 0.00674 e. The van der Waals surface area contributed by atoms with E-state index in [1.54, 1.807) is 0 Å². The average molecular weight is 205 g/mol. The van der Waals surface area contributed by atoms with E-state index in [0.717, 1.165) is 6.54 Å². The predicted molar refractivity (Wildman–Crippen MR) is 67.3 cm³/mol. The van der Waals surface area contributed by atoms with Gasteiger partial charge in [-0.15, -0.1) is 0 Å². The Kier molecular flexibility index (Phi) is 5.41. The molecular formula is C14H23N. The van der Waals surface area contributed by atoms with Crippen LogP contribution in [0.15, 0.2) is 24.3 Å². The molecule has 1 unspecified atom stereocenters. The minimum atomic E-state index is 0.676. The monoisotopic (exact) mass is 205 g/mol. The first-order chi connectivity index (χ1) is 7.27. The number of nitrogens with one attached hydrogen (secondary N) is 1. The van der Waals surface area contributed by atoms with Crippen LogP contribution in [0.25, 0.3) is 0 Å². The van der Waals surface area contributed by atoms with Crippen molar-refractivity contribution in [2.75, 3.05) is 6.54 Å². The molecule has 0 aliphatic rings. The quantitative estimate of drug-likeness (QED) is 0.751. The van der Waals surface area contributed by atoms with Crippen LogP contribution in [0.4, 0.5) is 0 Å². The van der Waals surface area contributed by atoms with Crippen molar-refractivity contribution >= 4 is 0 Å². The van der Waals surface area contributed by atoms with Crippen molar-refractivity contribution in [2.45, 2.75) is 46.1 Å². The third-order valence-electron chi connectivity index (χ3n) is 3.01. The van der Waals surface area contributed by atoms with E-state index in [0.29, 0.717) is 6.04 Å². The van der Waals surface area contributed by atoms with E-state index in [1.807, 2.05) is 0 Å². The van der Waals surface area contributed by atoms with Gasteiger partial charge in [-0.2, -0.15) is 0 Å². The third-order valence-corrected chi connectivity index (χ3v) is 3.01. The maximum atomic E-state index is 3.52. The summed E-state index contributed by atoms with van der Waals surface area (Å²) in [6.07, 6.45) is 3.66.